The number of carboxylic acids is 1. The molecule has 2 aliphatic rings. The number of aliphatic carboxylic acids is 1. The van der Waals surface area contributed by atoms with Gasteiger partial charge in [0.15, 0.2) is 0 Å². The lowest BCUT2D eigenvalue weighted by Crippen LogP contribution is -2.19. The molecule has 2 aliphatic carbocycles. The number of rotatable bonds is 8. The highest BCUT2D eigenvalue weighted by Crippen LogP contribution is 2.50. The first-order valence-electron chi connectivity index (χ1n) is 9.76. The molecule has 0 bridgehead atoms. The summed E-state index contributed by atoms with van der Waals surface area (Å²) < 4.78 is 0. The highest BCUT2D eigenvalue weighted by Gasteiger charge is 2.44. The van der Waals surface area contributed by atoms with Crippen LogP contribution in [-0.2, 0) is 4.79 Å². The van der Waals surface area contributed by atoms with Gasteiger partial charge in [0.1, 0.15) is 0 Å². The third kappa shape index (κ3) is 5.72. The summed E-state index contributed by atoms with van der Waals surface area (Å²) in [5.41, 5.74) is 1.41. The molecule has 2 fully saturated rings. The van der Waals surface area contributed by atoms with E-state index in [1.807, 2.05) is 19.1 Å². The summed E-state index contributed by atoms with van der Waals surface area (Å²) in [6, 6.07) is 0. The van der Waals surface area contributed by atoms with Crippen molar-refractivity contribution in [2.24, 2.45) is 23.7 Å². The topological polar surface area (TPSA) is 77.8 Å². The summed E-state index contributed by atoms with van der Waals surface area (Å²) >= 11 is 0. The Balaban J connectivity index is 1.89. The van der Waals surface area contributed by atoms with Crippen molar-refractivity contribution in [3.63, 3.8) is 0 Å². The van der Waals surface area contributed by atoms with Crippen LogP contribution in [0.15, 0.2) is 23.8 Å². The first-order chi connectivity index (χ1) is 12.4. The quantitative estimate of drug-likeness (QED) is 0.351. The first-order valence-corrected chi connectivity index (χ1v) is 9.76. The minimum atomic E-state index is -0.738. The molecular weight excluding hydrogens is 328 g/mol. The van der Waals surface area contributed by atoms with Crippen molar-refractivity contribution in [3.8, 4) is 11.8 Å². The van der Waals surface area contributed by atoms with Crippen molar-refractivity contribution in [2.45, 2.75) is 71.0 Å². The van der Waals surface area contributed by atoms with Crippen molar-refractivity contribution in [2.75, 3.05) is 0 Å². The predicted octanol–water partition coefficient (Wildman–Crippen LogP) is 3.54. The molecule has 0 spiro atoms. The monoisotopic (exact) mass is 360 g/mol. The van der Waals surface area contributed by atoms with E-state index in [4.69, 9.17) is 5.11 Å². The fourth-order valence-corrected chi connectivity index (χ4v) is 4.31. The molecule has 3 N–H and O–H groups in total. The van der Waals surface area contributed by atoms with Gasteiger partial charge in [-0.15, -0.1) is 11.8 Å². The largest absolute Gasteiger partial charge is 0.481 e. The number of unbranched alkanes of at least 4 members (excludes halogenated alkanes) is 1. The number of hydrogen-bond acceptors (Lipinski definition) is 3. The molecule has 0 aliphatic heterocycles. The van der Waals surface area contributed by atoms with E-state index in [-0.39, 0.29) is 24.4 Å². The molecule has 26 heavy (non-hydrogen) atoms. The molecule has 6 atom stereocenters. The fraction of sp³-hybridized carbons (Fsp3) is 0.682. The van der Waals surface area contributed by atoms with E-state index in [1.165, 1.54) is 5.57 Å². The molecule has 4 heteroatoms. The third-order valence-electron chi connectivity index (χ3n) is 5.85. The number of carbonyl (C=O) groups is 1. The second-order valence-electron chi connectivity index (χ2n) is 7.84. The Morgan fingerprint density at radius 1 is 1.38 bits per heavy atom. The highest BCUT2D eigenvalue weighted by molar-refractivity contribution is 5.66. The van der Waals surface area contributed by atoms with Gasteiger partial charge in [-0.25, -0.2) is 0 Å². The summed E-state index contributed by atoms with van der Waals surface area (Å²) in [6.07, 6.45) is 10.4. The Bertz CT molecular complexity index is 595. The molecule has 0 radical (unpaired) electrons. The van der Waals surface area contributed by atoms with Crippen LogP contribution < -0.4 is 0 Å². The molecule has 0 aromatic heterocycles. The average molecular weight is 360 g/mol. The molecule has 0 saturated heterocycles. The van der Waals surface area contributed by atoms with Gasteiger partial charge in [0.2, 0.25) is 0 Å². The Hall–Kier alpha value is -1.57. The van der Waals surface area contributed by atoms with Crippen molar-refractivity contribution in [1.29, 1.82) is 0 Å². The van der Waals surface area contributed by atoms with Crippen LogP contribution in [0.25, 0.3) is 0 Å². The molecule has 2 rings (SSSR count). The standard InChI is InChI=1S/C22H32O4/c1-3-4-7-15(2)20(23)11-10-18-19-13-16(8-5-6-9-22(25)26)12-17(19)14-21(18)24/h8,10-11,15,17-21,23-24H,5-7,9,12-14H2,1-2H3,(H,25,26)/b11-10+,16-8?/t15-,17+,18-,19+,20-,21-/m1/s1. The van der Waals surface area contributed by atoms with Crippen LogP contribution in [0.4, 0.5) is 0 Å². The lowest BCUT2D eigenvalue weighted by Gasteiger charge is -2.19. The van der Waals surface area contributed by atoms with Gasteiger partial charge in [0.05, 0.1) is 12.2 Å². The molecule has 0 amide bonds. The maximum absolute atomic E-state index is 10.6. The SMILES string of the molecule is CC#CC[C@@H](C)[C@H](O)/C=C/[C@@H]1[C@H]2CC(=CCCCC(=O)O)C[C@H]2C[C@H]1O. The molecule has 0 unspecified atom stereocenters. The Morgan fingerprint density at radius 3 is 2.85 bits per heavy atom. The number of allylic oxidation sites excluding steroid dienone is 2. The van der Waals surface area contributed by atoms with E-state index in [1.54, 1.807) is 6.92 Å². The van der Waals surface area contributed by atoms with Gasteiger partial charge in [0, 0.05) is 18.8 Å². The fourth-order valence-electron chi connectivity index (χ4n) is 4.31. The summed E-state index contributed by atoms with van der Waals surface area (Å²) in [4.78, 5) is 10.6. The van der Waals surface area contributed by atoms with Gasteiger partial charge in [-0.05, 0) is 56.8 Å². The van der Waals surface area contributed by atoms with Gasteiger partial charge in [-0.3, -0.25) is 4.79 Å². The Labute approximate surface area is 157 Å². The minimum absolute atomic E-state index is 0.0845. The number of aliphatic hydroxyl groups excluding tert-OH is 2. The lowest BCUT2D eigenvalue weighted by atomic mass is 9.89. The normalized spacial score (nSPS) is 31.6. The zero-order chi connectivity index (χ0) is 19.1. The zero-order valence-corrected chi connectivity index (χ0v) is 15.9. The highest BCUT2D eigenvalue weighted by atomic mass is 16.4. The number of carboxylic acid groups (broad SMARTS) is 1. The van der Waals surface area contributed by atoms with Gasteiger partial charge < -0.3 is 15.3 Å². The van der Waals surface area contributed by atoms with Crippen LogP contribution in [0, 0.1) is 35.5 Å². The van der Waals surface area contributed by atoms with Crippen LogP contribution in [0.2, 0.25) is 0 Å². The summed E-state index contributed by atoms with van der Waals surface area (Å²) in [7, 11) is 0. The average Bonchev–Trinajstić information content (AvgIpc) is 3.10. The second-order valence-corrected chi connectivity index (χ2v) is 7.84. The molecule has 0 heterocycles. The van der Waals surface area contributed by atoms with Gasteiger partial charge in [-0.2, -0.15) is 0 Å². The maximum atomic E-state index is 10.6. The van der Waals surface area contributed by atoms with E-state index in [0.29, 0.717) is 24.7 Å². The molecule has 0 aromatic rings. The number of aliphatic hydroxyl groups is 2. The molecule has 2 saturated carbocycles. The van der Waals surface area contributed by atoms with Crippen LogP contribution >= 0.6 is 0 Å². The predicted molar refractivity (Wildman–Crippen MR) is 102 cm³/mol. The van der Waals surface area contributed by atoms with Crippen LogP contribution in [0.1, 0.15) is 58.8 Å². The van der Waals surface area contributed by atoms with Crippen molar-refractivity contribution >= 4 is 5.97 Å². The van der Waals surface area contributed by atoms with Crippen molar-refractivity contribution < 1.29 is 20.1 Å². The van der Waals surface area contributed by atoms with Gasteiger partial charge in [-0.1, -0.05) is 30.7 Å². The Kier molecular flexibility index (Phi) is 7.93. The van der Waals surface area contributed by atoms with E-state index < -0.39 is 12.1 Å². The van der Waals surface area contributed by atoms with E-state index >= 15 is 0 Å². The Morgan fingerprint density at radius 2 is 2.15 bits per heavy atom. The second kappa shape index (κ2) is 9.94. The van der Waals surface area contributed by atoms with Gasteiger partial charge >= 0.3 is 5.97 Å². The van der Waals surface area contributed by atoms with Crippen LogP contribution in [0.5, 0.6) is 0 Å². The number of fused-ring (bicyclic) bond motifs is 1. The smallest absolute Gasteiger partial charge is 0.303 e. The molecule has 4 nitrogen and oxygen atoms in total. The van der Waals surface area contributed by atoms with E-state index in [0.717, 1.165) is 25.7 Å². The molecular formula is C22H32O4. The summed E-state index contributed by atoms with van der Waals surface area (Å²) in [5.74, 6) is 6.25. The maximum Gasteiger partial charge on any atom is 0.303 e. The van der Waals surface area contributed by atoms with E-state index in [9.17, 15) is 15.0 Å². The van der Waals surface area contributed by atoms with Crippen LogP contribution in [-0.4, -0.2) is 33.5 Å². The minimum Gasteiger partial charge on any atom is -0.481 e. The van der Waals surface area contributed by atoms with E-state index in [2.05, 4.69) is 17.9 Å². The summed E-state index contributed by atoms with van der Waals surface area (Å²) in [5, 5.41) is 29.4. The summed E-state index contributed by atoms with van der Waals surface area (Å²) in [6.45, 7) is 3.79. The molecule has 144 valence electrons. The van der Waals surface area contributed by atoms with Crippen LogP contribution in [0.3, 0.4) is 0 Å². The van der Waals surface area contributed by atoms with Crippen molar-refractivity contribution in [1.82, 2.24) is 0 Å². The molecule has 0 aromatic carbocycles. The van der Waals surface area contributed by atoms with Gasteiger partial charge in [0.25, 0.3) is 0 Å². The zero-order valence-electron chi connectivity index (χ0n) is 15.9. The number of hydrogen-bond donors (Lipinski definition) is 3. The third-order valence-corrected chi connectivity index (χ3v) is 5.85. The van der Waals surface area contributed by atoms with Crippen molar-refractivity contribution in [3.05, 3.63) is 23.8 Å². The first kappa shape index (κ1) is 20.7. The lowest BCUT2D eigenvalue weighted by molar-refractivity contribution is -0.137.